The van der Waals surface area contributed by atoms with E-state index in [1.165, 1.54) is 24.7 Å². The summed E-state index contributed by atoms with van der Waals surface area (Å²) < 4.78 is 6.70. The molecule has 4 N–H and O–H groups in total. The Bertz CT molecular complexity index is 970. The van der Waals surface area contributed by atoms with Crippen LogP contribution in [0.5, 0.6) is 0 Å². The van der Waals surface area contributed by atoms with Gasteiger partial charge in [-0.25, -0.2) is 14.8 Å². The number of hydrogen-bond donors (Lipinski definition) is 4. The minimum absolute atomic E-state index is 0.0704. The van der Waals surface area contributed by atoms with Gasteiger partial charge in [-0.1, -0.05) is 13.8 Å². The zero-order chi connectivity index (χ0) is 21.1. The Kier molecular flexibility index (Phi) is 6.20. The van der Waals surface area contributed by atoms with Gasteiger partial charge >= 0.3 is 5.69 Å². The number of ether oxygens (including phenoxy) is 1. The molecule has 11 nitrogen and oxygen atoms in total. The van der Waals surface area contributed by atoms with Crippen LogP contribution in [0.25, 0.3) is 0 Å². The van der Waals surface area contributed by atoms with Crippen molar-refractivity contribution in [3.63, 3.8) is 0 Å². The Morgan fingerprint density at radius 2 is 2.00 bits per heavy atom. The summed E-state index contributed by atoms with van der Waals surface area (Å²) in [6, 6.07) is 0.314. The number of nitrogens with one attached hydrogen (secondary N) is 2. The van der Waals surface area contributed by atoms with Crippen molar-refractivity contribution in [2.75, 3.05) is 6.61 Å². The largest absolute Gasteiger partial charge is 0.388 e. The molecule has 0 aromatic carbocycles. The van der Waals surface area contributed by atoms with Crippen molar-refractivity contribution >= 4 is 5.91 Å². The van der Waals surface area contributed by atoms with E-state index >= 15 is 0 Å². The number of hydrogen-bond acceptors (Lipinski definition) is 8. The number of aromatic nitrogens is 4. The molecule has 156 valence electrons. The summed E-state index contributed by atoms with van der Waals surface area (Å²) in [5, 5.41) is 23.3. The summed E-state index contributed by atoms with van der Waals surface area (Å²) in [5.41, 5.74) is -0.967. The molecular weight excluding hydrogens is 382 g/mol. The molecular formula is C18H23N5O6. The first kappa shape index (κ1) is 20.8. The number of aromatic amines is 1. The standard InChI is InChI=1S/C18H23N5O6/c1-9(2)16-19-5-10(6-20-16)17(27)21-11-8-29-12(15(26)14(11)25)7-23-4-3-13(24)22-18(23)28/h3-6,9,11-12,14-15,25-26H,7-8H2,1-2H3,(H,21,27)(H,22,24,28)/t11-,12-,14+,15-/m1/s1. The van der Waals surface area contributed by atoms with Crippen molar-refractivity contribution in [2.45, 2.75) is 50.7 Å². The summed E-state index contributed by atoms with van der Waals surface area (Å²) in [4.78, 5) is 45.6. The molecule has 1 aliphatic heterocycles. The van der Waals surface area contributed by atoms with Crippen molar-refractivity contribution < 1.29 is 19.7 Å². The van der Waals surface area contributed by atoms with E-state index in [2.05, 4.69) is 20.3 Å². The van der Waals surface area contributed by atoms with Crippen molar-refractivity contribution in [1.29, 1.82) is 0 Å². The molecule has 1 aliphatic rings. The highest BCUT2D eigenvalue weighted by molar-refractivity contribution is 5.93. The van der Waals surface area contributed by atoms with Crippen LogP contribution in [0.4, 0.5) is 0 Å². The highest BCUT2D eigenvalue weighted by Gasteiger charge is 2.39. The number of aliphatic hydroxyl groups is 2. The smallest absolute Gasteiger partial charge is 0.328 e. The maximum Gasteiger partial charge on any atom is 0.328 e. The third-order valence-electron chi connectivity index (χ3n) is 4.67. The fraction of sp³-hybridized carbons (Fsp3) is 0.500. The molecule has 2 aromatic rings. The number of nitrogens with zero attached hydrogens (tertiary/aromatic N) is 3. The molecule has 0 unspecified atom stereocenters. The van der Waals surface area contributed by atoms with Crippen LogP contribution in [-0.4, -0.2) is 66.6 Å². The van der Waals surface area contributed by atoms with Crippen LogP contribution in [-0.2, 0) is 11.3 Å². The molecule has 1 fully saturated rings. The summed E-state index contributed by atoms with van der Waals surface area (Å²) in [6.07, 6.45) is 0.513. The highest BCUT2D eigenvalue weighted by atomic mass is 16.5. The highest BCUT2D eigenvalue weighted by Crippen LogP contribution is 2.17. The Balaban J connectivity index is 1.63. The van der Waals surface area contributed by atoms with Gasteiger partial charge in [0.25, 0.3) is 11.5 Å². The lowest BCUT2D eigenvalue weighted by Gasteiger charge is -2.38. The van der Waals surface area contributed by atoms with Crippen LogP contribution in [0.2, 0.25) is 0 Å². The molecule has 1 amide bonds. The SMILES string of the molecule is CC(C)c1ncc(C(=O)N[C@@H]2CO[C@H](Cn3ccc(=O)[nH]c3=O)[C@@H](O)[C@H]2O)cn1. The van der Waals surface area contributed by atoms with Gasteiger partial charge in [-0.05, 0) is 0 Å². The number of rotatable bonds is 5. The first-order chi connectivity index (χ1) is 13.8. The molecule has 11 heteroatoms. The third-order valence-corrected chi connectivity index (χ3v) is 4.67. The van der Waals surface area contributed by atoms with Gasteiger partial charge < -0.3 is 20.3 Å². The zero-order valence-corrected chi connectivity index (χ0v) is 16.0. The van der Waals surface area contributed by atoms with Crippen LogP contribution in [0.15, 0.2) is 34.2 Å². The zero-order valence-electron chi connectivity index (χ0n) is 16.0. The fourth-order valence-electron chi connectivity index (χ4n) is 2.96. The first-order valence-electron chi connectivity index (χ1n) is 9.16. The summed E-state index contributed by atoms with van der Waals surface area (Å²) >= 11 is 0. The van der Waals surface area contributed by atoms with Crippen LogP contribution >= 0.6 is 0 Å². The topological polar surface area (TPSA) is 159 Å². The quantitative estimate of drug-likeness (QED) is 0.461. The van der Waals surface area contributed by atoms with Gasteiger partial charge in [0.1, 0.15) is 24.1 Å². The molecule has 3 rings (SSSR count). The van der Waals surface area contributed by atoms with E-state index in [1.54, 1.807) is 0 Å². The number of H-pyrrole nitrogens is 1. The Labute approximate surface area is 165 Å². The van der Waals surface area contributed by atoms with E-state index in [1.807, 2.05) is 13.8 Å². The first-order valence-corrected chi connectivity index (χ1v) is 9.16. The van der Waals surface area contributed by atoms with Crippen molar-refractivity contribution in [2.24, 2.45) is 0 Å². The van der Waals surface area contributed by atoms with Gasteiger partial charge in [-0.2, -0.15) is 0 Å². The normalized spacial score (nSPS) is 24.4. The molecule has 0 radical (unpaired) electrons. The lowest BCUT2D eigenvalue weighted by Crippen LogP contribution is -2.60. The molecule has 4 atom stereocenters. The van der Waals surface area contributed by atoms with Crippen LogP contribution in [0, 0.1) is 0 Å². The minimum Gasteiger partial charge on any atom is -0.388 e. The molecule has 0 spiro atoms. The maximum atomic E-state index is 12.4. The summed E-state index contributed by atoms with van der Waals surface area (Å²) in [6.45, 7) is 3.73. The van der Waals surface area contributed by atoms with Gasteiger partial charge in [0, 0.05) is 30.6 Å². The molecule has 0 saturated carbocycles. The molecule has 2 aromatic heterocycles. The molecule has 0 aliphatic carbocycles. The number of carbonyl (C=O) groups excluding carboxylic acids is 1. The summed E-state index contributed by atoms with van der Waals surface area (Å²) in [5.74, 6) is 0.233. The van der Waals surface area contributed by atoms with Crippen LogP contribution < -0.4 is 16.6 Å². The number of amides is 1. The lowest BCUT2D eigenvalue weighted by atomic mass is 9.97. The van der Waals surface area contributed by atoms with Gasteiger partial charge in [0.05, 0.1) is 24.8 Å². The monoisotopic (exact) mass is 405 g/mol. The van der Waals surface area contributed by atoms with E-state index < -0.39 is 41.5 Å². The Morgan fingerprint density at radius 1 is 1.31 bits per heavy atom. The van der Waals surface area contributed by atoms with Crippen molar-refractivity contribution in [1.82, 2.24) is 24.8 Å². The number of aliphatic hydroxyl groups excluding tert-OH is 2. The predicted octanol–water partition coefficient (Wildman–Crippen LogP) is -1.63. The van der Waals surface area contributed by atoms with Crippen LogP contribution in [0.3, 0.4) is 0 Å². The van der Waals surface area contributed by atoms with Crippen molar-refractivity contribution in [3.05, 3.63) is 56.9 Å². The molecule has 3 heterocycles. The third kappa shape index (κ3) is 4.75. The van der Waals surface area contributed by atoms with E-state index in [0.717, 1.165) is 4.57 Å². The predicted molar refractivity (Wildman–Crippen MR) is 100 cm³/mol. The Morgan fingerprint density at radius 3 is 2.62 bits per heavy atom. The second-order valence-electron chi connectivity index (χ2n) is 7.18. The van der Waals surface area contributed by atoms with Gasteiger partial charge in [-0.15, -0.1) is 0 Å². The minimum atomic E-state index is -1.35. The van der Waals surface area contributed by atoms with Gasteiger partial charge in [-0.3, -0.25) is 19.1 Å². The summed E-state index contributed by atoms with van der Waals surface area (Å²) in [7, 11) is 0. The van der Waals surface area contributed by atoms with Crippen LogP contribution in [0.1, 0.15) is 35.9 Å². The average Bonchev–Trinajstić information content (AvgIpc) is 2.69. The molecule has 1 saturated heterocycles. The average molecular weight is 405 g/mol. The second kappa shape index (κ2) is 8.64. The van der Waals surface area contributed by atoms with E-state index in [0.29, 0.717) is 5.82 Å². The lowest BCUT2D eigenvalue weighted by molar-refractivity contribution is -0.152. The maximum absolute atomic E-state index is 12.4. The van der Waals surface area contributed by atoms with E-state index in [9.17, 15) is 24.6 Å². The molecule has 29 heavy (non-hydrogen) atoms. The second-order valence-corrected chi connectivity index (χ2v) is 7.18. The van der Waals surface area contributed by atoms with E-state index in [-0.39, 0.29) is 24.6 Å². The van der Waals surface area contributed by atoms with E-state index in [4.69, 9.17) is 4.74 Å². The van der Waals surface area contributed by atoms with Gasteiger partial charge in [0.15, 0.2) is 0 Å². The number of carbonyl (C=O) groups is 1. The molecule has 0 bridgehead atoms. The van der Waals surface area contributed by atoms with Crippen molar-refractivity contribution in [3.8, 4) is 0 Å². The van der Waals surface area contributed by atoms with Gasteiger partial charge in [0.2, 0.25) is 0 Å². The fourth-order valence-corrected chi connectivity index (χ4v) is 2.96. The Hall–Kier alpha value is -2.89.